The van der Waals surface area contributed by atoms with Gasteiger partial charge in [-0.05, 0) is 0 Å². The number of hydrogen-bond acceptors (Lipinski definition) is 6. The second-order valence-corrected chi connectivity index (χ2v) is 5.76. The van der Waals surface area contributed by atoms with Crippen LogP contribution in [0.1, 0.15) is 0 Å². The molecule has 0 saturated heterocycles. The number of nitrogens with zero attached hydrogens (tertiary/aromatic N) is 2. The van der Waals surface area contributed by atoms with Gasteiger partial charge >= 0.3 is 5.69 Å². The molecular weight excluding hydrogens is 333 g/mol. The zero-order valence-electron chi connectivity index (χ0n) is 9.35. The van der Waals surface area contributed by atoms with E-state index in [2.05, 4.69) is 9.97 Å². The first kappa shape index (κ1) is 14.5. The van der Waals surface area contributed by atoms with Crippen LogP contribution in [0.5, 0.6) is 0 Å². The molecule has 0 aliphatic rings. The van der Waals surface area contributed by atoms with Gasteiger partial charge in [0, 0.05) is 6.20 Å². The van der Waals surface area contributed by atoms with Gasteiger partial charge in [0.2, 0.25) is 0 Å². The molecule has 2 heterocycles. The lowest BCUT2D eigenvalue weighted by Gasteiger charge is -2.07. The highest BCUT2D eigenvalue weighted by molar-refractivity contribution is 7.92. The first-order valence-electron chi connectivity index (χ1n) is 4.82. The van der Waals surface area contributed by atoms with Crippen molar-refractivity contribution in [3.05, 3.63) is 43.5 Å². The van der Waals surface area contributed by atoms with E-state index in [1.54, 1.807) is 4.98 Å². The van der Waals surface area contributed by atoms with Gasteiger partial charge < -0.3 is 4.98 Å². The lowest BCUT2D eigenvalue weighted by molar-refractivity contribution is 0.598. The minimum atomic E-state index is -4.30. The number of nitrogens with one attached hydrogen (secondary N) is 3. The van der Waals surface area contributed by atoms with Gasteiger partial charge in [-0.25, -0.2) is 23.2 Å². The van der Waals surface area contributed by atoms with Crippen LogP contribution in [0.4, 0.5) is 5.82 Å². The van der Waals surface area contributed by atoms with Crippen molar-refractivity contribution in [2.24, 2.45) is 0 Å². The number of halogens is 2. The van der Waals surface area contributed by atoms with E-state index < -0.39 is 26.2 Å². The largest absolute Gasteiger partial charge is 0.325 e. The van der Waals surface area contributed by atoms with Crippen LogP contribution in [-0.2, 0) is 10.0 Å². The van der Waals surface area contributed by atoms with Crippen molar-refractivity contribution in [2.75, 3.05) is 4.72 Å². The standard InChI is InChI=1S/C8H5Cl2N5O4S/c9-4-5(10)12-2-13-6(4)15-20(18,19)3-1-11-8(17)14-7(3)16/h1-2H,(H,12,13,15)(H2,11,14,16,17). The number of aromatic nitrogens is 4. The molecule has 0 fully saturated rings. The molecule has 20 heavy (non-hydrogen) atoms. The maximum atomic E-state index is 12.0. The topological polar surface area (TPSA) is 138 Å². The average Bonchev–Trinajstić information content (AvgIpc) is 2.34. The molecule has 12 heteroatoms. The van der Waals surface area contributed by atoms with E-state index in [1.807, 2.05) is 9.71 Å². The molecule has 3 N–H and O–H groups in total. The van der Waals surface area contributed by atoms with E-state index in [0.717, 1.165) is 12.5 Å². The summed E-state index contributed by atoms with van der Waals surface area (Å²) < 4.78 is 25.9. The Kier molecular flexibility index (Phi) is 3.79. The zero-order valence-corrected chi connectivity index (χ0v) is 11.7. The van der Waals surface area contributed by atoms with Crippen molar-refractivity contribution in [1.29, 1.82) is 0 Å². The summed E-state index contributed by atoms with van der Waals surface area (Å²) in [6, 6.07) is 0. The fourth-order valence-electron chi connectivity index (χ4n) is 1.20. The second kappa shape index (κ2) is 5.23. The Morgan fingerprint density at radius 1 is 1.20 bits per heavy atom. The van der Waals surface area contributed by atoms with Crippen LogP contribution in [0, 0.1) is 0 Å². The first-order valence-corrected chi connectivity index (χ1v) is 7.06. The van der Waals surface area contributed by atoms with E-state index in [1.165, 1.54) is 0 Å². The molecule has 0 amide bonds. The second-order valence-electron chi connectivity index (χ2n) is 3.37. The summed E-state index contributed by atoms with van der Waals surface area (Å²) in [4.78, 5) is 32.5. The van der Waals surface area contributed by atoms with E-state index in [4.69, 9.17) is 23.2 Å². The molecular formula is C8H5Cl2N5O4S. The SMILES string of the molecule is O=c1[nH]cc(S(=O)(=O)Nc2ncnc(Cl)c2Cl)c(=O)[nH]1. The van der Waals surface area contributed by atoms with Crippen molar-refractivity contribution < 1.29 is 8.42 Å². The lowest BCUT2D eigenvalue weighted by atomic mass is 10.6. The average molecular weight is 338 g/mol. The Labute approximate surface area is 121 Å². The first-order chi connectivity index (χ1) is 9.31. The molecule has 0 bridgehead atoms. The number of anilines is 1. The van der Waals surface area contributed by atoms with E-state index in [9.17, 15) is 18.0 Å². The van der Waals surface area contributed by atoms with Crippen molar-refractivity contribution in [1.82, 2.24) is 19.9 Å². The quantitative estimate of drug-likeness (QED) is 0.672. The van der Waals surface area contributed by atoms with Crippen LogP contribution in [0.15, 0.2) is 27.0 Å². The third-order valence-electron chi connectivity index (χ3n) is 2.05. The highest BCUT2D eigenvalue weighted by atomic mass is 35.5. The minimum absolute atomic E-state index is 0.158. The summed E-state index contributed by atoms with van der Waals surface area (Å²) in [6.45, 7) is 0. The maximum Gasteiger partial charge on any atom is 0.325 e. The molecule has 0 aliphatic carbocycles. The number of rotatable bonds is 3. The predicted octanol–water partition coefficient (Wildman–Crippen LogP) is -0.0392. The molecule has 0 atom stereocenters. The number of H-pyrrole nitrogens is 2. The summed E-state index contributed by atoms with van der Waals surface area (Å²) in [5.74, 6) is -0.294. The van der Waals surface area contributed by atoms with Crippen molar-refractivity contribution in [3.8, 4) is 0 Å². The Hall–Kier alpha value is -1.91. The van der Waals surface area contributed by atoms with Crippen LogP contribution in [-0.4, -0.2) is 28.4 Å². The number of hydrogen-bond donors (Lipinski definition) is 3. The molecule has 2 aromatic rings. The van der Waals surface area contributed by atoms with Gasteiger partial charge in [0.15, 0.2) is 15.9 Å². The number of sulfonamides is 1. The zero-order chi connectivity index (χ0) is 14.9. The monoisotopic (exact) mass is 337 g/mol. The van der Waals surface area contributed by atoms with E-state index in [-0.39, 0.29) is 16.0 Å². The molecule has 0 saturated carbocycles. The van der Waals surface area contributed by atoms with Gasteiger partial charge in [0.1, 0.15) is 11.3 Å². The highest BCUT2D eigenvalue weighted by Crippen LogP contribution is 2.26. The van der Waals surface area contributed by atoms with Crippen LogP contribution < -0.4 is 16.0 Å². The summed E-state index contributed by atoms with van der Waals surface area (Å²) in [7, 11) is -4.30. The Morgan fingerprint density at radius 3 is 2.55 bits per heavy atom. The molecule has 0 aromatic carbocycles. The van der Waals surface area contributed by atoms with Gasteiger partial charge in [-0.1, -0.05) is 23.2 Å². The van der Waals surface area contributed by atoms with Gasteiger partial charge in [-0.2, -0.15) is 0 Å². The Bertz CT molecular complexity index is 875. The number of aromatic amines is 2. The summed E-state index contributed by atoms with van der Waals surface area (Å²) in [5.41, 5.74) is -1.92. The Balaban J connectivity index is 2.49. The van der Waals surface area contributed by atoms with Crippen LogP contribution in [0.25, 0.3) is 0 Å². The van der Waals surface area contributed by atoms with E-state index >= 15 is 0 Å². The van der Waals surface area contributed by atoms with Gasteiger partial charge in [0.05, 0.1) is 0 Å². The summed E-state index contributed by atoms with van der Waals surface area (Å²) >= 11 is 11.3. The molecule has 0 aliphatic heterocycles. The predicted molar refractivity (Wildman–Crippen MR) is 70.5 cm³/mol. The fourth-order valence-corrected chi connectivity index (χ4v) is 2.56. The molecule has 106 valence electrons. The van der Waals surface area contributed by atoms with E-state index in [0.29, 0.717) is 0 Å². The normalized spacial score (nSPS) is 11.3. The highest BCUT2D eigenvalue weighted by Gasteiger charge is 2.21. The summed E-state index contributed by atoms with van der Waals surface area (Å²) in [5, 5.41) is -0.381. The molecule has 2 rings (SSSR count). The smallest absolute Gasteiger partial charge is 0.313 e. The third kappa shape index (κ3) is 2.81. The van der Waals surface area contributed by atoms with Crippen LogP contribution >= 0.6 is 23.2 Å². The molecule has 0 unspecified atom stereocenters. The van der Waals surface area contributed by atoms with Crippen molar-refractivity contribution in [3.63, 3.8) is 0 Å². The molecule has 9 nitrogen and oxygen atoms in total. The molecule has 2 aromatic heterocycles. The van der Waals surface area contributed by atoms with Gasteiger partial charge in [-0.3, -0.25) is 14.5 Å². The van der Waals surface area contributed by atoms with Gasteiger partial charge in [-0.15, -0.1) is 0 Å². The van der Waals surface area contributed by atoms with Crippen molar-refractivity contribution in [2.45, 2.75) is 4.90 Å². The van der Waals surface area contributed by atoms with Crippen LogP contribution in [0.3, 0.4) is 0 Å². The van der Waals surface area contributed by atoms with Crippen LogP contribution in [0.2, 0.25) is 10.2 Å². The molecule has 0 radical (unpaired) electrons. The summed E-state index contributed by atoms with van der Waals surface area (Å²) in [6.07, 6.45) is 1.74. The van der Waals surface area contributed by atoms with Gasteiger partial charge in [0.25, 0.3) is 15.6 Å². The molecule has 0 spiro atoms. The Morgan fingerprint density at radius 2 is 1.90 bits per heavy atom. The lowest BCUT2D eigenvalue weighted by Crippen LogP contribution is -2.29. The maximum absolute atomic E-state index is 12.0. The fraction of sp³-hybridized carbons (Fsp3) is 0. The third-order valence-corrected chi connectivity index (χ3v) is 4.14. The van der Waals surface area contributed by atoms with Crippen molar-refractivity contribution >= 4 is 39.0 Å². The minimum Gasteiger partial charge on any atom is -0.313 e.